The van der Waals surface area contributed by atoms with Crippen LogP contribution in [0.25, 0.3) is 0 Å². The van der Waals surface area contributed by atoms with E-state index in [4.69, 9.17) is 0 Å². The summed E-state index contributed by atoms with van der Waals surface area (Å²) < 4.78 is 26.1. The van der Waals surface area contributed by atoms with Crippen LogP contribution in [0.1, 0.15) is 11.1 Å². The minimum Gasteiger partial charge on any atom is -0.223 e. The average molecular weight is 337 g/mol. The van der Waals surface area contributed by atoms with Crippen molar-refractivity contribution in [3.63, 3.8) is 0 Å². The molecule has 0 saturated heterocycles. The third-order valence-corrected chi connectivity index (χ3v) is 6.26. The fourth-order valence-electron chi connectivity index (χ4n) is 2.55. The van der Waals surface area contributed by atoms with E-state index in [2.05, 4.69) is 15.9 Å². The van der Waals surface area contributed by atoms with Crippen molar-refractivity contribution < 1.29 is 8.42 Å². The van der Waals surface area contributed by atoms with Crippen molar-refractivity contribution in [3.05, 3.63) is 64.1 Å². The molecule has 2 nitrogen and oxygen atoms in total. The Morgan fingerprint density at radius 3 is 1.95 bits per heavy atom. The van der Waals surface area contributed by atoms with E-state index in [1.807, 2.05) is 24.3 Å². The summed E-state index contributed by atoms with van der Waals surface area (Å²) in [5.74, 6) is 0. The molecule has 0 aromatic heterocycles. The van der Waals surface area contributed by atoms with Crippen LogP contribution < -0.4 is 0 Å². The Morgan fingerprint density at radius 2 is 1.42 bits per heavy atom. The minimum atomic E-state index is -3.24. The lowest BCUT2D eigenvalue weighted by molar-refractivity contribution is 0.581. The van der Waals surface area contributed by atoms with Crippen LogP contribution >= 0.6 is 15.9 Å². The zero-order chi connectivity index (χ0) is 13.5. The van der Waals surface area contributed by atoms with E-state index in [9.17, 15) is 8.42 Å². The van der Waals surface area contributed by atoms with Crippen LogP contribution in [0.2, 0.25) is 0 Å². The summed E-state index contributed by atoms with van der Waals surface area (Å²) in [6.07, 6.45) is 1.24. The summed E-state index contributed by atoms with van der Waals surface area (Å²) in [6.45, 7) is 0. The lowest BCUT2D eigenvalue weighted by Gasteiger charge is -2.11. The number of halogens is 1. The highest BCUT2D eigenvalue weighted by Gasteiger charge is 2.33. The summed E-state index contributed by atoms with van der Waals surface area (Å²) in [7, 11) is -3.24. The second-order valence-electron chi connectivity index (χ2n) is 4.80. The van der Waals surface area contributed by atoms with Crippen molar-refractivity contribution in [2.24, 2.45) is 0 Å². The maximum absolute atomic E-state index is 12.6. The second kappa shape index (κ2) is 4.76. The van der Waals surface area contributed by atoms with Gasteiger partial charge in [0.05, 0.1) is 10.1 Å². The minimum absolute atomic E-state index is 0.328. The average Bonchev–Trinajstić information content (AvgIpc) is 2.83. The molecule has 0 amide bonds. The molecule has 3 rings (SSSR count). The fourth-order valence-corrected chi connectivity index (χ4v) is 4.52. The molecule has 0 saturated carbocycles. The predicted octanol–water partition coefficient (Wildman–Crippen LogP) is 3.39. The number of hydrogen-bond acceptors (Lipinski definition) is 2. The lowest BCUT2D eigenvalue weighted by Crippen LogP contribution is -2.21. The van der Waals surface area contributed by atoms with Crippen molar-refractivity contribution in [2.45, 2.75) is 23.0 Å². The Hall–Kier alpha value is -1.13. The Morgan fingerprint density at radius 1 is 0.895 bits per heavy atom. The molecule has 1 aliphatic rings. The molecule has 98 valence electrons. The topological polar surface area (TPSA) is 34.1 Å². The van der Waals surface area contributed by atoms with Gasteiger partial charge in [0.1, 0.15) is 0 Å². The summed E-state index contributed by atoms with van der Waals surface area (Å²) in [6, 6.07) is 14.9. The summed E-state index contributed by atoms with van der Waals surface area (Å²) in [5, 5.41) is -0.328. The van der Waals surface area contributed by atoms with Gasteiger partial charge in [0.25, 0.3) is 0 Å². The van der Waals surface area contributed by atoms with E-state index < -0.39 is 9.84 Å². The molecule has 0 spiro atoms. The number of sulfone groups is 1. The molecule has 0 atom stereocenters. The van der Waals surface area contributed by atoms with Crippen molar-refractivity contribution in [1.29, 1.82) is 0 Å². The van der Waals surface area contributed by atoms with Gasteiger partial charge in [-0.2, -0.15) is 0 Å². The lowest BCUT2D eigenvalue weighted by atomic mass is 10.1. The van der Waals surface area contributed by atoms with Crippen LogP contribution in [0.3, 0.4) is 0 Å². The Balaban J connectivity index is 1.94. The molecule has 0 heterocycles. The van der Waals surface area contributed by atoms with E-state index in [1.54, 1.807) is 24.3 Å². The Kier molecular flexibility index (Phi) is 3.23. The van der Waals surface area contributed by atoms with E-state index in [0.717, 1.165) is 15.6 Å². The van der Waals surface area contributed by atoms with Gasteiger partial charge in [-0.05, 0) is 48.2 Å². The highest BCUT2D eigenvalue weighted by molar-refractivity contribution is 9.10. The molecule has 0 radical (unpaired) electrons. The van der Waals surface area contributed by atoms with E-state index >= 15 is 0 Å². The normalized spacial score (nSPS) is 15.4. The Bertz CT molecular complexity index is 680. The maximum atomic E-state index is 12.6. The molecule has 1 aliphatic carbocycles. The quantitative estimate of drug-likeness (QED) is 0.842. The first kappa shape index (κ1) is 12.9. The number of fused-ring (bicyclic) bond motifs is 1. The first-order chi connectivity index (χ1) is 9.07. The van der Waals surface area contributed by atoms with Crippen LogP contribution in [0, 0.1) is 0 Å². The van der Waals surface area contributed by atoms with E-state index in [0.29, 0.717) is 17.7 Å². The van der Waals surface area contributed by atoms with Gasteiger partial charge >= 0.3 is 0 Å². The molecule has 0 unspecified atom stereocenters. The van der Waals surface area contributed by atoms with E-state index in [-0.39, 0.29) is 5.25 Å². The van der Waals surface area contributed by atoms with Gasteiger partial charge in [0.15, 0.2) is 9.84 Å². The highest BCUT2D eigenvalue weighted by Crippen LogP contribution is 2.30. The van der Waals surface area contributed by atoms with Crippen molar-refractivity contribution in [2.75, 3.05) is 0 Å². The van der Waals surface area contributed by atoms with Crippen molar-refractivity contribution in [3.8, 4) is 0 Å². The molecular weight excluding hydrogens is 324 g/mol. The summed E-state index contributed by atoms with van der Waals surface area (Å²) in [4.78, 5) is 0.411. The largest absolute Gasteiger partial charge is 0.223 e. The number of rotatable bonds is 2. The van der Waals surface area contributed by atoms with Crippen LogP contribution in [-0.2, 0) is 22.7 Å². The van der Waals surface area contributed by atoms with Gasteiger partial charge in [-0.25, -0.2) is 8.42 Å². The van der Waals surface area contributed by atoms with Crippen LogP contribution in [0.5, 0.6) is 0 Å². The smallest absolute Gasteiger partial charge is 0.181 e. The van der Waals surface area contributed by atoms with Gasteiger partial charge in [-0.15, -0.1) is 0 Å². The standard InChI is InChI=1S/C15H13BrO2S/c16-13-5-7-14(8-6-13)19(17,18)15-9-11-3-1-2-4-12(11)10-15/h1-8,15H,9-10H2. The maximum Gasteiger partial charge on any atom is 0.181 e. The molecule has 0 fully saturated rings. The van der Waals surface area contributed by atoms with Crippen LogP contribution in [-0.4, -0.2) is 13.7 Å². The molecule has 2 aromatic carbocycles. The number of benzene rings is 2. The van der Waals surface area contributed by atoms with Crippen molar-refractivity contribution >= 4 is 25.8 Å². The molecule has 19 heavy (non-hydrogen) atoms. The third kappa shape index (κ3) is 2.35. The molecular formula is C15H13BrO2S. The van der Waals surface area contributed by atoms with Crippen molar-refractivity contribution in [1.82, 2.24) is 0 Å². The SMILES string of the molecule is O=S(=O)(c1ccc(Br)cc1)C1Cc2ccccc2C1. The molecule has 0 aliphatic heterocycles. The highest BCUT2D eigenvalue weighted by atomic mass is 79.9. The summed E-state index contributed by atoms with van der Waals surface area (Å²) >= 11 is 3.32. The van der Waals surface area contributed by atoms with E-state index in [1.165, 1.54) is 0 Å². The van der Waals surface area contributed by atoms with Gasteiger partial charge in [0.2, 0.25) is 0 Å². The fraction of sp³-hybridized carbons (Fsp3) is 0.200. The summed E-state index contributed by atoms with van der Waals surface area (Å²) in [5.41, 5.74) is 2.32. The monoisotopic (exact) mass is 336 g/mol. The predicted molar refractivity (Wildman–Crippen MR) is 79.0 cm³/mol. The number of hydrogen-bond donors (Lipinski definition) is 0. The van der Waals surface area contributed by atoms with Gasteiger partial charge in [0, 0.05) is 4.47 Å². The first-order valence-corrected chi connectivity index (χ1v) is 8.47. The third-order valence-electron chi connectivity index (χ3n) is 3.59. The van der Waals surface area contributed by atoms with Gasteiger partial charge < -0.3 is 0 Å². The van der Waals surface area contributed by atoms with Gasteiger partial charge in [-0.3, -0.25) is 0 Å². The van der Waals surface area contributed by atoms with Crippen LogP contribution in [0.4, 0.5) is 0 Å². The van der Waals surface area contributed by atoms with Gasteiger partial charge in [-0.1, -0.05) is 40.2 Å². The molecule has 2 aromatic rings. The molecule has 0 bridgehead atoms. The zero-order valence-electron chi connectivity index (χ0n) is 10.2. The Labute approximate surface area is 121 Å². The van der Waals surface area contributed by atoms with Crippen LogP contribution in [0.15, 0.2) is 57.9 Å². The molecule has 4 heteroatoms. The molecule has 0 N–H and O–H groups in total. The first-order valence-electron chi connectivity index (χ1n) is 6.13. The zero-order valence-corrected chi connectivity index (χ0v) is 12.6. The second-order valence-corrected chi connectivity index (χ2v) is 7.94.